The molecular formula is C15H22ClNO. The van der Waals surface area contributed by atoms with Crippen LogP contribution in [0.1, 0.15) is 36.8 Å². The zero-order chi connectivity index (χ0) is 13.0. The van der Waals surface area contributed by atoms with Crippen LogP contribution in [0.3, 0.4) is 0 Å². The van der Waals surface area contributed by atoms with E-state index in [-0.39, 0.29) is 6.61 Å². The lowest BCUT2D eigenvalue weighted by atomic mass is 9.88. The number of β-amino-alcohol motifs (C(OH)–C–C–N with tert-alkyl or cyclic N) is 1. The Morgan fingerprint density at radius 3 is 2.61 bits per heavy atom. The van der Waals surface area contributed by atoms with Crippen molar-refractivity contribution in [3.63, 3.8) is 0 Å². The molecule has 18 heavy (non-hydrogen) atoms. The number of likely N-dealkylation sites (tertiary alicyclic amines) is 1. The Hall–Kier alpha value is -0.570. The van der Waals surface area contributed by atoms with Crippen LogP contribution in [0, 0.1) is 0 Å². The van der Waals surface area contributed by atoms with Crippen molar-refractivity contribution in [1.29, 1.82) is 0 Å². The number of rotatable bonds is 4. The fourth-order valence-corrected chi connectivity index (χ4v) is 3.01. The minimum Gasteiger partial charge on any atom is -0.395 e. The van der Waals surface area contributed by atoms with Gasteiger partial charge in [-0.3, -0.25) is 0 Å². The monoisotopic (exact) mass is 267 g/mol. The van der Waals surface area contributed by atoms with Crippen LogP contribution in [-0.2, 0) is 6.42 Å². The lowest BCUT2D eigenvalue weighted by Crippen LogP contribution is -2.34. The van der Waals surface area contributed by atoms with E-state index in [1.54, 1.807) is 0 Å². The van der Waals surface area contributed by atoms with Crippen LogP contribution in [-0.4, -0.2) is 36.2 Å². The summed E-state index contributed by atoms with van der Waals surface area (Å²) in [6.45, 7) is 5.40. The van der Waals surface area contributed by atoms with E-state index in [9.17, 15) is 0 Å². The highest BCUT2D eigenvalue weighted by Gasteiger charge is 2.20. The van der Waals surface area contributed by atoms with Crippen molar-refractivity contribution in [1.82, 2.24) is 4.90 Å². The van der Waals surface area contributed by atoms with Gasteiger partial charge in [-0.15, -0.1) is 0 Å². The van der Waals surface area contributed by atoms with Crippen molar-refractivity contribution in [2.45, 2.75) is 32.1 Å². The molecule has 0 amide bonds. The standard InChI is InChI=1S/C15H22ClNO/c1-2-12-9-14(11-15(16)10-12)13-3-5-17(6-4-13)7-8-18/h9-11,13,18H,2-8H2,1H3. The summed E-state index contributed by atoms with van der Waals surface area (Å²) in [5.74, 6) is 0.629. The van der Waals surface area contributed by atoms with Gasteiger partial charge in [0.05, 0.1) is 6.61 Å². The summed E-state index contributed by atoms with van der Waals surface area (Å²) in [6.07, 6.45) is 3.38. The van der Waals surface area contributed by atoms with Crippen molar-refractivity contribution in [2.24, 2.45) is 0 Å². The Morgan fingerprint density at radius 1 is 1.28 bits per heavy atom. The topological polar surface area (TPSA) is 23.5 Å². The summed E-state index contributed by atoms with van der Waals surface area (Å²) in [6, 6.07) is 6.48. The number of halogens is 1. The molecule has 3 heteroatoms. The van der Waals surface area contributed by atoms with Crippen LogP contribution in [0.2, 0.25) is 5.02 Å². The molecule has 2 nitrogen and oxygen atoms in total. The van der Waals surface area contributed by atoms with Gasteiger partial charge in [0, 0.05) is 11.6 Å². The average molecular weight is 268 g/mol. The SMILES string of the molecule is CCc1cc(Cl)cc(C2CCN(CCO)CC2)c1. The molecule has 1 aliphatic rings. The Morgan fingerprint density at radius 2 is 2.00 bits per heavy atom. The first-order valence-electron chi connectivity index (χ1n) is 6.85. The van der Waals surface area contributed by atoms with Crippen molar-refractivity contribution < 1.29 is 5.11 Å². The number of hydrogen-bond acceptors (Lipinski definition) is 2. The fourth-order valence-electron chi connectivity index (χ4n) is 2.75. The van der Waals surface area contributed by atoms with Crippen molar-refractivity contribution in [3.05, 3.63) is 34.3 Å². The van der Waals surface area contributed by atoms with Crippen molar-refractivity contribution in [2.75, 3.05) is 26.2 Å². The Balaban J connectivity index is 2.02. The molecule has 0 aliphatic carbocycles. The highest BCUT2D eigenvalue weighted by atomic mass is 35.5. The van der Waals surface area contributed by atoms with Crippen molar-refractivity contribution in [3.8, 4) is 0 Å². The summed E-state index contributed by atoms with van der Waals surface area (Å²) < 4.78 is 0. The molecular weight excluding hydrogens is 246 g/mol. The van der Waals surface area contributed by atoms with E-state index in [1.807, 2.05) is 0 Å². The second-order valence-corrected chi connectivity index (χ2v) is 5.52. The van der Waals surface area contributed by atoms with Gasteiger partial charge < -0.3 is 10.0 Å². The molecule has 2 rings (SSSR count). The Bertz CT molecular complexity index is 386. The molecule has 1 aromatic rings. The minimum absolute atomic E-state index is 0.266. The maximum atomic E-state index is 8.95. The molecule has 0 unspecified atom stereocenters. The molecule has 1 saturated heterocycles. The van der Waals surface area contributed by atoms with Gasteiger partial charge in [-0.2, -0.15) is 0 Å². The number of nitrogens with zero attached hydrogens (tertiary/aromatic N) is 1. The second-order valence-electron chi connectivity index (χ2n) is 5.09. The predicted octanol–water partition coefficient (Wildman–Crippen LogP) is 3.07. The van der Waals surface area contributed by atoms with Gasteiger partial charge in [0.2, 0.25) is 0 Å². The number of piperidine rings is 1. The lowest BCUT2D eigenvalue weighted by Gasteiger charge is -2.31. The smallest absolute Gasteiger partial charge is 0.0558 e. The zero-order valence-electron chi connectivity index (χ0n) is 11.0. The first-order valence-corrected chi connectivity index (χ1v) is 7.23. The summed E-state index contributed by atoms with van der Waals surface area (Å²) in [5.41, 5.74) is 2.72. The maximum absolute atomic E-state index is 8.95. The Labute approximate surface area is 115 Å². The quantitative estimate of drug-likeness (QED) is 0.906. The molecule has 100 valence electrons. The number of aliphatic hydroxyl groups excluding tert-OH is 1. The molecule has 1 aliphatic heterocycles. The fraction of sp³-hybridized carbons (Fsp3) is 0.600. The van der Waals surface area contributed by atoms with E-state index in [1.165, 1.54) is 24.0 Å². The molecule has 0 spiro atoms. The lowest BCUT2D eigenvalue weighted by molar-refractivity contribution is 0.164. The second kappa shape index (κ2) is 6.55. The average Bonchev–Trinajstić information content (AvgIpc) is 2.39. The van der Waals surface area contributed by atoms with E-state index in [2.05, 4.69) is 30.0 Å². The van der Waals surface area contributed by atoms with Gasteiger partial charge in [-0.25, -0.2) is 0 Å². The van der Waals surface area contributed by atoms with Gasteiger partial charge in [-0.05, 0) is 61.5 Å². The van der Waals surface area contributed by atoms with Gasteiger partial charge in [-0.1, -0.05) is 24.6 Å². The summed E-state index contributed by atoms with van der Waals surface area (Å²) in [5, 5.41) is 9.81. The molecule has 0 bridgehead atoms. The van der Waals surface area contributed by atoms with Crippen LogP contribution < -0.4 is 0 Å². The van der Waals surface area contributed by atoms with E-state index in [0.29, 0.717) is 5.92 Å². The molecule has 0 aromatic heterocycles. The van der Waals surface area contributed by atoms with E-state index < -0.39 is 0 Å². The highest BCUT2D eigenvalue weighted by Crippen LogP contribution is 2.30. The van der Waals surface area contributed by atoms with Gasteiger partial charge in [0.15, 0.2) is 0 Å². The number of aliphatic hydroxyl groups is 1. The predicted molar refractivity (Wildman–Crippen MR) is 76.3 cm³/mol. The first kappa shape index (κ1) is 13.9. The number of aryl methyl sites for hydroxylation is 1. The third-order valence-electron chi connectivity index (χ3n) is 3.86. The van der Waals surface area contributed by atoms with Gasteiger partial charge in [0.1, 0.15) is 0 Å². The molecule has 1 N–H and O–H groups in total. The van der Waals surface area contributed by atoms with Crippen LogP contribution in [0.25, 0.3) is 0 Å². The van der Waals surface area contributed by atoms with E-state index >= 15 is 0 Å². The van der Waals surface area contributed by atoms with E-state index in [4.69, 9.17) is 16.7 Å². The highest BCUT2D eigenvalue weighted by molar-refractivity contribution is 6.30. The number of hydrogen-bond donors (Lipinski definition) is 1. The van der Waals surface area contributed by atoms with E-state index in [0.717, 1.165) is 31.1 Å². The third kappa shape index (κ3) is 3.47. The maximum Gasteiger partial charge on any atom is 0.0558 e. The summed E-state index contributed by atoms with van der Waals surface area (Å²) in [7, 11) is 0. The molecule has 1 heterocycles. The zero-order valence-corrected chi connectivity index (χ0v) is 11.8. The van der Waals surface area contributed by atoms with Crippen LogP contribution in [0.5, 0.6) is 0 Å². The van der Waals surface area contributed by atoms with Crippen LogP contribution in [0.15, 0.2) is 18.2 Å². The molecule has 1 fully saturated rings. The third-order valence-corrected chi connectivity index (χ3v) is 4.08. The van der Waals surface area contributed by atoms with Crippen LogP contribution in [0.4, 0.5) is 0 Å². The number of benzene rings is 1. The first-order chi connectivity index (χ1) is 8.72. The normalized spacial score (nSPS) is 18.2. The summed E-state index contributed by atoms with van der Waals surface area (Å²) >= 11 is 6.18. The van der Waals surface area contributed by atoms with Gasteiger partial charge >= 0.3 is 0 Å². The molecule has 0 atom stereocenters. The molecule has 0 radical (unpaired) electrons. The molecule has 1 aromatic carbocycles. The summed E-state index contributed by atoms with van der Waals surface area (Å²) in [4.78, 5) is 2.34. The van der Waals surface area contributed by atoms with Crippen LogP contribution >= 0.6 is 11.6 Å². The largest absolute Gasteiger partial charge is 0.395 e. The van der Waals surface area contributed by atoms with Gasteiger partial charge in [0.25, 0.3) is 0 Å². The Kier molecular flexibility index (Phi) is 5.04. The minimum atomic E-state index is 0.266. The van der Waals surface area contributed by atoms with Crippen molar-refractivity contribution >= 4 is 11.6 Å². The molecule has 0 saturated carbocycles.